The molecule has 124 valence electrons. The lowest BCUT2D eigenvalue weighted by molar-refractivity contribution is -0.139. The molecular weight excluding hydrogens is 326 g/mol. The zero-order valence-corrected chi connectivity index (χ0v) is 14.4. The maximum absolute atomic E-state index is 11.7. The third-order valence-corrected chi connectivity index (χ3v) is 4.58. The zero-order valence-electron chi connectivity index (χ0n) is 13.6. The molecule has 3 aromatic rings. The highest BCUT2D eigenvalue weighted by Gasteiger charge is 2.23. The van der Waals surface area contributed by atoms with Crippen molar-refractivity contribution in [2.75, 3.05) is 7.11 Å². The molecule has 0 fully saturated rings. The fourth-order valence-electron chi connectivity index (χ4n) is 2.32. The highest BCUT2D eigenvalue weighted by Crippen LogP contribution is 2.31. The Kier molecular flexibility index (Phi) is 4.71. The van der Waals surface area contributed by atoms with Gasteiger partial charge in [0.25, 0.3) is 0 Å². The van der Waals surface area contributed by atoms with Crippen LogP contribution in [0.5, 0.6) is 0 Å². The summed E-state index contributed by atoms with van der Waals surface area (Å²) in [6.07, 6.45) is 1.62. The number of carbonyl (C=O) groups is 1. The lowest BCUT2D eigenvalue weighted by atomic mass is 10.2. The third-order valence-electron chi connectivity index (χ3n) is 3.56. The first-order valence-electron chi connectivity index (χ1n) is 7.41. The van der Waals surface area contributed by atoms with E-state index in [4.69, 9.17) is 9.15 Å². The van der Waals surface area contributed by atoms with Crippen LogP contribution >= 0.6 is 11.8 Å². The van der Waals surface area contributed by atoms with E-state index < -0.39 is 0 Å². The molecule has 0 aliphatic heterocycles. The number of benzene rings is 1. The lowest BCUT2D eigenvalue weighted by Crippen LogP contribution is -2.15. The van der Waals surface area contributed by atoms with Gasteiger partial charge in [-0.05, 0) is 32.0 Å². The maximum atomic E-state index is 11.7. The first-order valence-corrected chi connectivity index (χ1v) is 8.29. The SMILES string of the molecule is COC(=O)C(C)Sc1nnc(-c2ccoc2C)n1-c1ccccc1. The second kappa shape index (κ2) is 6.92. The van der Waals surface area contributed by atoms with E-state index in [9.17, 15) is 4.79 Å². The van der Waals surface area contributed by atoms with Crippen molar-refractivity contribution >= 4 is 17.7 Å². The number of para-hydroxylation sites is 1. The standard InChI is InChI=1S/C17H17N3O3S/c1-11-14(9-10-23-11)15-18-19-17(24-12(2)16(21)22-3)20(15)13-7-5-4-6-8-13/h4-10,12H,1-3H3. The van der Waals surface area contributed by atoms with Crippen LogP contribution in [0, 0.1) is 6.92 Å². The number of nitrogens with zero attached hydrogens (tertiary/aromatic N) is 3. The number of hydrogen-bond donors (Lipinski definition) is 0. The number of rotatable bonds is 5. The van der Waals surface area contributed by atoms with Crippen molar-refractivity contribution in [2.24, 2.45) is 0 Å². The second-order valence-corrected chi connectivity index (χ2v) is 6.46. The highest BCUT2D eigenvalue weighted by atomic mass is 32.2. The monoisotopic (exact) mass is 343 g/mol. The van der Waals surface area contributed by atoms with Crippen LogP contribution in [0.25, 0.3) is 17.1 Å². The number of thioether (sulfide) groups is 1. The van der Waals surface area contributed by atoms with Gasteiger partial charge in [-0.1, -0.05) is 30.0 Å². The normalized spacial score (nSPS) is 12.1. The Labute approximate surface area is 143 Å². The Morgan fingerprint density at radius 2 is 2.00 bits per heavy atom. The van der Waals surface area contributed by atoms with E-state index >= 15 is 0 Å². The molecule has 2 aromatic heterocycles. The van der Waals surface area contributed by atoms with E-state index in [1.54, 1.807) is 13.2 Å². The Hall–Kier alpha value is -2.54. The van der Waals surface area contributed by atoms with Crippen LogP contribution in [-0.4, -0.2) is 33.1 Å². The Bertz CT molecular complexity index is 842. The predicted molar refractivity (Wildman–Crippen MR) is 91.1 cm³/mol. The lowest BCUT2D eigenvalue weighted by Gasteiger charge is -2.12. The van der Waals surface area contributed by atoms with Crippen molar-refractivity contribution in [2.45, 2.75) is 24.3 Å². The van der Waals surface area contributed by atoms with E-state index in [0.29, 0.717) is 11.0 Å². The maximum Gasteiger partial charge on any atom is 0.318 e. The Morgan fingerprint density at radius 3 is 2.62 bits per heavy atom. The molecule has 3 rings (SSSR count). The number of hydrogen-bond acceptors (Lipinski definition) is 6. The summed E-state index contributed by atoms with van der Waals surface area (Å²) in [7, 11) is 1.38. The highest BCUT2D eigenvalue weighted by molar-refractivity contribution is 8.00. The van der Waals surface area contributed by atoms with Crippen LogP contribution in [0.15, 0.2) is 52.2 Å². The van der Waals surface area contributed by atoms with Crippen molar-refractivity contribution in [3.05, 3.63) is 48.4 Å². The first kappa shape index (κ1) is 16.3. The Balaban J connectivity index is 2.09. The number of aryl methyl sites for hydroxylation is 1. The van der Waals surface area contributed by atoms with Crippen LogP contribution in [-0.2, 0) is 9.53 Å². The zero-order chi connectivity index (χ0) is 17.1. The summed E-state index contributed by atoms with van der Waals surface area (Å²) in [6, 6.07) is 11.6. The van der Waals surface area contributed by atoms with Gasteiger partial charge in [-0.15, -0.1) is 10.2 Å². The fraction of sp³-hybridized carbons (Fsp3) is 0.235. The Morgan fingerprint density at radius 1 is 1.25 bits per heavy atom. The summed E-state index contributed by atoms with van der Waals surface area (Å²) < 4.78 is 12.1. The molecule has 6 nitrogen and oxygen atoms in total. The van der Waals surface area contributed by atoms with Crippen LogP contribution in [0.2, 0.25) is 0 Å². The van der Waals surface area contributed by atoms with E-state index in [-0.39, 0.29) is 11.2 Å². The molecule has 2 heterocycles. The molecule has 24 heavy (non-hydrogen) atoms. The van der Waals surface area contributed by atoms with Crippen LogP contribution in [0.4, 0.5) is 0 Å². The van der Waals surface area contributed by atoms with Crippen molar-refractivity contribution < 1.29 is 13.9 Å². The van der Waals surface area contributed by atoms with Crippen molar-refractivity contribution in [3.8, 4) is 17.1 Å². The second-order valence-electron chi connectivity index (χ2n) is 5.15. The van der Waals surface area contributed by atoms with Crippen molar-refractivity contribution in [1.82, 2.24) is 14.8 Å². The van der Waals surface area contributed by atoms with Gasteiger partial charge in [0.1, 0.15) is 11.0 Å². The van der Waals surface area contributed by atoms with E-state index in [0.717, 1.165) is 17.0 Å². The van der Waals surface area contributed by atoms with Gasteiger partial charge in [0.05, 0.1) is 18.9 Å². The number of methoxy groups -OCH3 is 1. The smallest absolute Gasteiger partial charge is 0.318 e. The van der Waals surface area contributed by atoms with Crippen molar-refractivity contribution in [1.29, 1.82) is 0 Å². The van der Waals surface area contributed by atoms with Gasteiger partial charge < -0.3 is 9.15 Å². The number of esters is 1. The number of aromatic nitrogens is 3. The average Bonchev–Trinajstić information content (AvgIpc) is 3.20. The summed E-state index contributed by atoms with van der Waals surface area (Å²) in [6.45, 7) is 3.66. The van der Waals surface area contributed by atoms with Crippen molar-refractivity contribution in [3.63, 3.8) is 0 Å². The molecule has 7 heteroatoms. The van der Waals surface area contributed by atoms with Gasteiger partial charge in [0, 0.05) is 5.69 Å². The van der Waals surface area contributed by atoms with Gasteiger partial charge in [-0.3, -0.25) is 9.36 Å². The van der Waals surface area contributed by atoms with Gasteiger partial charge in [-0.2, -0.15) is 0 Å². The molecule has 0 N–H and O–H groups in total. The summed E-state index contributed by atoms with van der Waals surface area (Å²) in [5.74, 6) is 1.13. The molecule has 1 atom stereocenters. The van der Waals surface area contributed by atoms with Crippen LogP contribution in [0.3, 0.4) is 0 Å². The summed E-state index contributed by atoms with van der Waals surface area (Å²) >= 11 is 1.31. The molecule has 0 aliphatic rings. The number of carbonyl (C=O) groups excluding carboxylic acids is 1. The topological polar surface area (TPSA) is 70.2 Å². The fourth-order valence-corrected chi connectivity index (χ4v) is 3.21. The van der Waals surface area contributed by atoms with Gasteiger partial charge in [-0.25, -0.2) is 0 Å². The average molecular weight is 343 g/mol. The minimum absolute atomic E-state index is 0.302. The number of furan rings is 1. The molecule has 0 aliphatic carbocycles. The molecule has 0 saturated carbocycles. The molecular formula is C17H17N3O3S. The third kappa shape index (κ3) is 3.07. The molecule has 0 radical (unpaired) electrons. The molecule has 0 amide bonds. The van der Waals surface area contributed by atoms with Gasteiger partial charge in [0.15, 0.2) is 11.0 Å². The molecule has 0 spiro atoms. The van der Waals surface area contributed by atoms with E-state index in [1.807, 2.05) is 47.9 Å². The van der Waals surface area contributed by atoms with Crippen LogP contribution < -0.4 is 0 Å². The van der Waals surface area contributed by atoms with Gasteiger partial charge in [0.2, 0.25) is 0 Å². The quantitative estimate of drug-likeness (QED) is 0.522. The number of ether oxygens (including phenoxy) is 1. The first-order chi connectivity index (χ1) is 11.6. The molecule has 1 aromatic carbocycles. The minimum atomic E-state index is -0.389. The summed E-state index contributed by atoms with van der Waals surface area (Å²) in [5.41, 5.74) is 1.78. The van der Waals surface area contributed by atoms with Crippen LogP contribution in [0.1, 0.15) is 12.7 Å². The van der Waals surface area contributed by atoms with Gasteiger partial charge >= 0.3 is 5.97 Å². The largest absolute Gasteiger partial charge is 0.469 e. The van der Waals surface area contributed by atoms with E-state index in [2.05, 4.69) is 10.2 Å². The molecule has 1 unspecified atom stereocenters. The molecule has 0 bridgehead atoms. The van der Waals surface area contributed by atoms with E-state index in [1.165, 1.54) is 18.9 Å². The molecule has 0 saturated heterocycles. The summed E-state index contributed by atoms with van der Waals surface area (Å²) in [4.78, 5) is 11.7. The summed E-state index contributed by atoms with van der Waals surface area (Å²) in [5, 5.41) is 8.82. The predicted octanol–water partition coefficient (Wildman–Crippen LogP) is 3.49. The minimum Gasteiger partial charge on any atom is -0.469 e.